The maximum atomic E-state index is 10.8. The van der Waals surface area contributed by atoms with Crippen LogP contribution in [0.2, 0.25) is 0 Å². The normalized spacial score (nSPS) is 33.8. The van der Waals surface area contributed by atoms with Crippen LogP contribution < -0.4 is 0 Å². The summed E-state index contributed by atoms with van der Waals surface area (Å²) in [7, 11) is 0. The van der Waals surface area contributed by atoms with E-state index in [2.05, 4.69) is 25.7 Å². The summed E-state index contributed by atoms with van der Waals surface area (Å²) >= 11 is 0. The summed E-state index contributed by atoms with van der Waals surface area (Å²) in [6, 6.07) is 0. The van der Waals surface area contributed by atoms with Crippen LogP contribution in [-0.2, 0) is 0 Å². The van der Waals surface area contributed by atoms with Gasteiger partial charge in [-0.25, -0.2) is 0 Å². The molecule has 5 heteroatoms. The zero-order chi connectivity index (χ0) is 29.7. The molecule has 5 N–H and O–H groups in total. The molecule has 230 valence electrons. The molecule has 5 nitrogen and oxygen atoms in total. The second-order valence-electron chi connectivity index (χ2n) is 15.0. The third kappa shape index (κ3) is 8.77. The Labute approximate surface area is 244 Å². The first-order valence-electron chi connectivity index (χ1n) is 16.2. The van der Waals surface area contributed by atoms with Crippen molar-refractivity contribution in [3.63, 3.8) is 0 Å². The average Bonchev–Trinajstić information content (AvgIpc) is 3.20. The van der Waals surface area contributed by atoms with Crippen LogP contribution >= 0.6 is 0 Å². The molecule has 0 heterocycles. The Morgan fingerprint density at radius 3 is 2.17 bits per heavy atom. The van der Waals surface area contributed by atoms with E-state index in [4.69, 9.17) is 0 Å². The van der Waals surface area contributed by atoms with Crippen molar-refractivity contribution >= 4 is 0 Å². The van der Waals surface area contributed by atoms with Crippen LogP contribution in [0.5, 0.6) is 0 Å². The molecule has 0 aromatic carbocycles. The highest BCUT2D eigenvalue weighted by atomic mass is 16.3. The van der Waals surface area contributed by atoms with Crippen LogP contribution in [0.15, 0.2) is 35.5 Å². The number of aliphatic hydroxyl groups is 5. The predicted octanol–water partition coefficient (Wildman–Crippen LogP) is 6.62. The fraction of sp³-hybridized carbons (Fsp3) is 0.829. The molecule has 0 aliphatic heterocycles. The lowest BCUT2D eigenvalue weighted by molar-refractivity contribution is 0.0112. The van der Waals surface area contributed by atoms with Crippen molar-refractivity contribution in [2.75, 3.05) is 6.61 Å². The highest BCUT2D eigenvalue weighted by Crippen LogP contribution is 2.60. The topological polar surface area (TPSA) is 101 Å². The van der Waals surface area contributed by atoms with E-state index in [1.54, 1.807) is 0 Å². The van der Waals surface area contributed by atoms with Gasteiger partial charge in [-0.3, -0.25) is 0 Å². The summed E-state index contributed by atoms with van der Waals surface area (Å²) in [4.78, 5) is 0. The molecule has 0 unspecified atom stereocenters. The fourth-order valence-corrected chi connectivity index (χ4v) is 8.42. The Kier molecular flexibility index (Phi) is 11.7. The number of rotatable bonds is 13. The summed E-state index contributed by atoms with van der Waals surface area (Å²) in [5.41, 5.74) is 2.18. The maximum Gasteiger partial charge on any atom is 0.0839 e. The molecule has 3 aliphatic rings. The summed E-state index contributed by atoms with van der Waals surface area (Å²) in [6.07, 6.45) is 16.7. The smallest absolute Gasteiger partial charge is 0.0839 e. The minimum absolute atomic E-state index is 0.0675. The lowest BCUT2D eigenvalue weighted by Crippen LogP contribution is -2.38. The number of allylic oxidation sites excluding steroid dienone is 3. The standard InChI is InChI=1S/C35H60O5/c1-24-27(23-31(37)28(32(24)38)14-10-22-36)16-15-26-13-9-21-35(6)29(17-18-30(26)35)25(11-7-19-33(2,3)39)12-8-20-34(4,5)40/h15-16,25,28-32,36-40H,1,7-14,17-23H2,2-6H3/b26-15+,27-16-/t28-,29+,30-,31+,32+,35+/m0/s1. The largest absolute Gasteiger partial charge is 0.396 e. The van der Waals surface area contributed by atoms with E-state index in [-0.39, 0.29) is 17.9 Å². The van der Waals surface area contributed by atoms with Crippen molar-refractivity contribution in [3.8, 4) is 0 Å². The molecule has 0 radical (unpaired) electrons. The third-order valence-corrected chi connectivity index (χ3v) is 10.6. The molecule has 3 fully saturated rings. The first-order chi connectivity index (χ1) is 18.7. The van der Waals surface area contributed by atoms with Crippen LogP contribution in [-0.4, -0.2) is 55.5 Å². The lowest BCUT2D eigenvalue weighted by Gasteiger charge is -2.45. The Morgan fingerprint density at radius 2 is 1.60 bits per heavy atom. The van der Waals surface area contributed by atoms with Crippen LogP contribution in [0.3, 0.4) is 0 Å². The quantitative estimate of drug-likeness (QED) is 0.174. The van der Waals surface area contributed by atoms with Gasteiger partial charge in [-0.15, -0.1) is 0 Å². The SMILES string of the molecule is C=C1/C(=C\C=C2/CCC[C@]3(C)[C@@H](C(CCCC(C)(C)O)CCCC(C)(C)O)CC[C@@H]23)C[C@@H](O)[C@H](CCCO)[C@@H]1O. The summed E-state index contributed by atoms with van der Waals surface area (Å²) in [6.45, 7) is 14.4. The minimum atomic E-state index is -0.763. The van der Waals surface area contributed by atoms with Crippen molar-refractivity contribution in [3.05, 3.63) is 35.5 Å². The van der Waals surface area contributed by atoms with E-state index in [0.717, 1.165) is 50.5 Å². The van der Waals surface area contributed by atoms with Crippen molar-refractivity contribution in [1.82, 2.24) is 0 Å². The van der Waals surface area contributed by atoms with Gasteiger partial charge in [0.25, 0.3) is 0 Å². The van der Waals surface area contributed by atoms with Gasteiger partial charge in [0.2, 0.25) is 0 Å². The summed E-state index contributed by atoms with van der Waals surface area (Å²) in [5.74, 6) is 1.55. The maximum absolute atomic E-state index is 10.8. The molecule has 0 spiro atoms. The lowest BCUT2D eigenvalue weighted by atomic mass is 9.60. The van der Waals surface area contributed by atoms with Gasteiger partial charge in [0.05, 0.1) is 23.4 Å². The number of fused-ring (bicyclic) bond motifs is 1. The Balaban J connectivity index is 1.76. The van der Waals surface area contributed by atoms with Crippen molar-refractivity contribution in [2.24, 2.45) is 29.1 Å². The monoisotopic (exact) mass is 560 g/mol. The van der Waals surface area contributed by atoms with Gasteiger partial charge in [0, 0.05) is 12.5 Å². The van der Waals surface area contributed by atoms with Crippen molar-refractivity contribution in [1.29, 1.82) is 0 Å². The van der Waals surface area contributed by atoms with Gasteiger partial charge in [-0.2, -0.15) is 0 Å². The molecule has 0 aromatic heterocycles. The number of aliphatic hydroxyl groups excluding tert-OH is 3. The number of hydrogen-bond donors (Lipinski definition) is 5. The van der Waals surface area contributed by atoms with E-state index >= 15 is 0 Å². The van der Waals surface area contributed by atoms with Crippen molar-refractivity contribution < 1.29 is 25.5 Å². The first kappa shape index (κ1) is 33.5. The molecule has 40 heavy (non-hydrogen) atoms. The highest BCUT2D eigenvalue weighted by molar-refractivity contribution is 5.39. The van der Waals surface area contributed by atoms with Crippen LogP contribution in [0, 0.1) is 29.1 Å². The average molecular weight is 561 g/mol. The predicted molar refractivity (Wildman–Crippen MR) is 164 cm³/mol. The van der Waals surface area contributed by atoms with Gasteiger partial charge in [0.15, 0.2) is 0 Å². The summed E-state index contributed by atoms with van der Waals surface area (Å²) < 4.78 is 0. The minimum Gasteiger partial charge on any atom is -0.396 e. The Hall–Kier alpha value is -0.980. The molecule has 3 rings (SSSR count). The Bertz CT molecular complexity index is 870. The van der Waals surface area contributed by atoms with Gasteiger partial charge >= 0.3 is 0 Å². The van der Waals surface area contributed by atoms with E-state index in [0.29, 0.717) is 42.6 Å². The van der Waals surface area contributed by atoms with Gasteiger partial charge in [-0.05, 0) is 126 Å². The fourth-order valence-electron chi connectivity index (χ4n) is 8.42. The van der Waals surface area contributed by atoms with E-state index in [1.165, 1.54) is 31.3 Å². The molecule has 0 bridgehead atoms. The number of hydrogen-bond acceptors (Lipinski definition) is 5. The molecule has 6 atom stereocenters. The molecule has 0 aromatic rings. The first-order valence-corrected chi connectivity index (χ1v) is 16.2. The molecular formula is C35H60O5. The van der Waals surface area contributed by atoms with Crippen LogP contribution in [0.4, 0.5) is 0 Å². The van der Waals surface area contributed by atoms with E-state index < -0.39 is 23.4 Å². The van der Waals surface area contributed by atoms with Gasteiger partial charge in [0.1, 0.15) is 0 Å². The highest BCUT2D eigenvalue weighted by Gasteiger charge is 2.51. The second-order valence-corrected chi connectivity index (χ2v) is 15.0. The molecular weight excluding hydrogens is 500 g/mol. The van der Waals surface area contributed by atoms with E-state index in [9.17, 15) is 25.5 Å². The van der Waals surface area contributed by atoms with E-state index in [1.807, 2.05) is 27.7 Å². The van der Waals surface area contributed by atoms with Gasteiger partial charge in [-0.1, -0.05) is 56.9 Å². The molecule has 0 saturated heterocycles. The third-order valence-electron chi connectivity index (χ3n) is 10.6. The zero-order valence-electron chi connectivity index (χ0n) is 26.2. The van der Waals surface area contributed by atoms with Crippen molar-refractivity contribution in [2.45, 2.75) is 148 Å². The molecule has 0 amide bonds. The second kappa shape index (κ2) is 14.0. The summed E-state index contributed by atoms with van der Waals surface area (Å²) in [5, 5.41) is 51.4. The Morgan fingerprint density at radius 1 is 0.975 bits per heavy atom. The van der Waals surface area contributed by atoms with Gasteiger partial charge < -0.3 is 25.5 Å². The zero-order valence-corrected chi connectivity index (χ0v) is 26.2. The molecule has 3 aliphatic carbocycles. The molecule has 3 saturated carbocycles. The van der Waals surface area contributed by atoms with Crippen LogP contribution in [0.1, 0.15) is 125 Å². The van der Waals surface area contributed by atoms with Crippen LogP contribution in [0.25, 0.3) is 0 Å².